The van der Waals surface area contributed by atoms with E-state index in [1.54, 1.807) is 6.20 Å². The maximum absolute atomic E-state index is 6.02. The predicted molar refractivity (Wildman–Crippen MR) is 87.5 cm³/mol. The van der Waals surface area contributed by atoms with Crippen LogP contribution in [0.15, 0.2) is 24.4 Å². The average Bonchev–Trinajstić information content (AvgIpc) is 2.49. The van der Waals surface area contributed by atoms with Crippen molar-refractivity contribution in [2.45, 2.75) is 26.7 Å². The summed E-state index contributed by atoms with van der Waals surface area (Å²) in [6, 6.07) is 5.67. The summed E-state index contributed by atoms with van der Waals surface area (Å²) < 4.78 is 0. The molecule has 0 amide bonds. The first-order valence-corrected chi connectivity index (χ1v) is 7.42. The quantitative estimate of drug-likeness (QED) is 0.879. The summed E-state index contributed by atoms with van der Waals surface area (Å²) in [6.45, 7) is 5.12. The van der Waals surface area contributed by atoms with Crippen molar-refractivity contribution in [3.8, 4) is 0 Å². The SMILES string of the molecule is CCCCN(C)c1cnnc(Nc2cc(Cl)ccc2C)n1. The van der Waals surface area contributed by atoms with Crippen molar-refractivity contribution >= 4 is 29.1 Å². The molecule has 112 valence electrons. The molecule has 0 atom stereocenters. The Bertz CT molecular complexity index is 602. The van der Waals surface area contributed by atoms with Crippen molar-refractivity contribution in [1.82, 2.24) is 15.2 Å². The van der Waals surface area contributed by atoms with Gasteiger partial charge in [0.15, 0.2) is 5.82 Å². The lowest BCUT2D eigenvalue weighted by Gasteiger charge is -2.17. The lowest BCUT2D eigenvalue weighted by Crippen LogP contribution is -2.20. The number of hydrogen-bond acceptors (Lipinski definition) is 5. The molecular formula is C15H20ClN5. The monoisotopic (exact) mass is 305 g/mol. The van der Waals surface area contributed by atoms with Gasteiger partial charge >= 0.3 is 0 Å². The van der Waals surface area contributed by atoms with Gasteiger partial charge in [-0.15, -0.1) is 5.10 Å². The molecule has 1 aromatic carbocycles. The number of benzene rings is 1. The fourth-order valence-corrected chi connectivity index (χ4v) is 2.06. The normalized spacial score (nSPS) is 10.5. The average molecular weight is 306 g/mol. The van der Waals surface area contributed by atoms with E-state index >= 15 is 0 Å². The number of rotatable bonds is 6. The zero-order valence-corrected chi connectivity index (χ0v) is 13.4. The third-order valence-corrected chi connectivity index (χ3v) is 3.47. The Morgan fingerprint density at radius 1 is 1.33 bits per heavy atom. The maximum atomic E-state index is 6.02. The molecule has 1 N–H and O–H groups in total. The molecule has 1 aromatic heterocycles. The van der Waals surface area contributed by atoms with E-state index in [9.17, 15) is 0 Å². The molecular weight excluding hydrogens is 286 g/mol. The molecule has 0 aliphatic rings. The van der Waals surface area contributed by atoms with Gasteiger partial charge in [0, 0.05) is 24.3 Å². The van der Waals surface area contributed by atoms with Crippen LogP contribution in [-0.4, -0.2) is 28.8 Å². The lowest BCUT2D eigenvalue weighted by molar-refractivity contribution is 0.754. The summed E-state index contributed by atoms with van der Waals surface area (Å²) in [5, 5.41) is 11.9. The van der Waals surface area contributed by atoms with Crippen LogP contribution in [0.25, 0.3) is 0 Å². The van der Waals surface area contributed by atoms with E-state index < -0.39 is 0 Å². The number of nitrogens with one attached hydrogen (secondary N) is 1. The number of aromatic nitrogens is 3. The Hall–Kier alpha value is -1.88. The molecule has 21 heavy (non-hydrogen) atoms. The Morgan fingerprint density at radius 2 is 2.14 bits per heavy atom. The van der Waals surface area contributed by atoms with Crippen molar-refractivity contribution in [2.24, 2.45) is 0 Å². The molecule has 0 radical (unpaired) electrons. The molecule has 2 aromatic rings. The number of nitrogens with zero attached hydrogens (tertiary/aromatic N) is 4. The van der Waals surface area contributed by atoms with Gasteiger partial charge < -0.3 is 10.2 Å². The second-order valence-electron chi connectivity index (χ2n) is 5.00. The molecule has 2 rings (SSSR count). The third kappa shape index (κ3) is 4.29. The van der Waals surface area contributed by atoms with Gasteiger partial charge in [-0.25, -0.2) is 0 Å². The molecule has 6 heteroatoms. The van der Waals surface area contributed by atoms with Crippen molar-refractivity contribution in [3.05, 3.63) is 35.0 Å². The number of unbranched alkanes of at least 4 members (excludes halogenated alkanes) is 1. The van der Waals surface area contributed by atoms with Gasteiger partial charge in [-0.2, -0.15) is 10.1 Å². The van der Waals surface area contributed by atoms with Crippen molar-refractivity contribution in [1.29, 1.82) is 0 Å². The molecule has 0 aliphatic carbocycles. The van der Waals surface area contributed by atoms with Crippen LogP contribution in [0, 0.1) is 6.92 Å². The topological polar surface area (TPSA) is 53.9 Å². The van der Waals surface area contributed by atoms with Crippen LogP contribution in [-0.2, 0) is 0 Å². The number of aryl methyl sites for hydroxylation is 1. The van der Waals surface area contributed by atoms with E-state index in [4.69, 9.17) is 11.6 Å². The number of halogens is 1. The van der Waals surface area contributed by atoms with Crippen LogP contribution in [0.5, 0.6) is 0 Å². The van der Waals surface area contributed by atoms with Gasteiger partial charge in [-0.1, -0.05) is 31.0 Å². The zero-order valence-electron chi connectivity index (χ0n) is 12.6. The summed E-state index contributed by atoms with van der Waals surface area (Å²) in [5.74, 6) is 1.28. The summed E-state index contributed by atoms with van der Waals surface area (Å²) in [5.41, 5.74) is 1.96. The maximum Gasteiger partial charge on any atom is 0.249 e. The molecule has 0 spiro atoms. The van der Waals surface area contributed by atoms with Gasteiger partial charge in [0.2, 0.25) is 5.95 Å². The first-order valence-electron chi connectivity index (χ1n) is 7.04. The summed E-state index contributed by atoms with van der Waals surface area (Å²) >= 11 is 6.02. The van der Waals surface area contributed by atoms with E-state index in [-0.39, 0.29) is 0 Å². The van der Waals surface area contributed by atoms with Crippen molar-refractivity contribution in [3.63, 3.8) is 0 Å². The summed E-state index contributed by atoms with van der Waals surface area (Å²) in [7, 11) is 2.01. The smallest absolute Gasteiger partial charge is 0.249 e. The molecule has 5 nitrogen and oxygen atoms in total. The van der Waals surface area contributed by atoms with E-state index in [0.29, 0.717) is 11.0 Å². The van der Waals surface area contributed by atoms with Crippen LogP contribution in [0.2, 0.25) is 5.02 Å². The predicted octanol–water partition coefficient (Wildman–Crippen LogP) is 3.81. The first kappa shape index (κ1) is 15.5. The van der Waals surface area contributed by atoms with E-state index in [1.807, 2.05) is 32.2 Å². The Balaban J connectivity index is 2.15. The summed E-state index contributed by atoms with van der Waals surface area (Å²) in [6.07, 6.45) is 3.94. The minimum Gasteiger partial charge on any atom is -0.358 e. The second kappa shape index (κ2) is 7.22. The number of hydrogen-bond donors (Lipinski definition) is 1. The minimum atomic E-state index is 0.473. The van der Waals surface area contributed by atoms with Crippen LogP contribution in [0.3, 0.4) is 0 Å². The Morgan fingerprint density at radius 3 is 2.90 bits per heavy atom. The molecule has 1 heterocycles. The molecule has 0 unspecified atom stereocenters. The fraction of sp³-hybridized carbons (Fsp3) is 0.400. The Labute approximate surface area is 130 Å². The molecule has 0 saturated heterocycles. The first-order chi connectivity index (χ1) is 10.1. The van der Waals surface area contributed by atoms with Crippen LogP contribution >= 0.6 is 11.6 Å². The molecule has 0 saturated carbocycles. The van der Waals surface area contributed by atoms with Gasteiger partial charge in [0.25, 0.3) is 0 Å². The van der Waals surface area contributed by atoms with Gasteiger partial charge in [-0.05, 0) is 31.0 Å². The summed E-state index contributed by atoms with van der Waals surface area (Å²) in [4.78, 5) is 6.57. The largest absolute Gasteiger partial charge is 0.358 e. The highest BCUT2D eigenvalue weighted by atomic mass is 35.5. The molecule has 0 bridgehead atoms. The van der Waals surface area contributed by atoms with Crippen molar-refractivity contribution < 1.29 is 0 Å². The highest BCUT2D eigenvalue weighted by molar-refractivity contribution is 6.30. The zero-order chi connectivity index (χ0) is 15.2. The Kier molecular flexibility index (Phi) is 5.33. The van der Waals surface area contributed by atoms with Crippen LogP contribution < -0.4 is 10.2 Å². The second-order valence-corrected chi connectivity index (χ2v) is 5.43. The van der Waals surface area contributed by atoms with Gasteiger partial charge in [-0.3, -0.25) is 0 Å². The standard InChI is InChI=1S/C15H20ClN5/c1-4-5-8-21(3)14-10-17-20-15(19-14)18-13-9-12(16)7-6-11(13)2/h6-7,9-10H,4-5,8H2,1-3H3,(H,18,19,20). The fourth-order valence-electron chi connectivity index (χ4n) is 1.89. The van der Waals surface area contributed by atoms with Crippen molar-refractivity contribution in [2.75, 3.05) is 23.8 Å². The van der Waals surface area contributed by atoms with E-state index in [1.165, 1.54) is 0 Å². The van der Waals surface area contributed by atoms with E-state index in [2.05, 4.69) is 32.3 Å². The molecule has 0 fully saturated rings. The van der Waals surface area contributed by atoms with Crippen LogP contribution in [0.1, 0.15) is 25.3 Å². The van der Waals surface area contributed by atoms with Crippen LogP contribution in [0.4, 0.5) is 17.5 Å². The lowest BCUT2D eigenvalue weighted by atomic mass is 10.2. The molecule has 0 aliphatic heterocycles. The number of anilines is 3. The highest BCUT2D eigenvalue weighted by Gasteiger charge is 2.07. The highest BCUT2D eigenvalue weighted by Crippen LogP contribution is 2.23. The minimum absolute atomic E-state index is 0.473. The van der Waals surface area contributed by atoms with Gasteiger partial charge in [0.1, 0.15) is 0 Å². The van der Waals surface area contributed by atoms with Gasteiger partial charge in [0.05, 0.1) is 6.20 Å². The van der Waals surface area contributed by atoms with E-state index in [0.717, 1.165) is 36.5 Å². The third-order valence-electron chi connectivity index (χ3n) is 3.23.